The van der Waals surface area contributed by atoms with Crippen LogP contribution in [0.1, 0.15) is 29.0 Å². The highest BCUT2D eigenvalue weighted by molar-refractivity contribution is 9.10. The van der Waals surface area contributed by atoms with Crippen molar-refractivity contribution in [3.8, 4) is 5.69 Å². The van der Waals surface area contributed by atoms with Crippen LogP contribution in [-0.4, -0.2) is 15.5 Å². The SMILES string of the molecule is CC(NC(=O)c1c[nH]c(=S)n1-c1ccc(F)cc1)c1ccccc1Br. The van der Waals surface area contributed by atoms with E-state index in [2.05, 4.69) is 26.2 Å². The van der Waals surface area contributed by atoms with Gasteiger partial charge in [0.05, 0.1) is 6.04 Å². The number of hydrogen-bond donors (Lipinski definition) is 2. The summed E-state index contributed by atoms with van der Waals surface area (Å²) >= 11 is 8.75. The van der Waals surface area contributed by atoms with E-state index in [9.17, 15) is 9.18 Å². The molecule has 2 N–H and O–H groups in total. The van der Waals surface area contributed by atoms with Crippen LogP contribution in [0.15, 0.2) is 59.2 Å². The molecule has 0 spiro atoms. The number of nitrogens with zero attached hydrogens (tertiary/aromatic N) is 1. The molecule has 7 heteroatoms. The van der Waals surface area contributed by atoms with Gasteiger partial charge in [0.1, 0.15) is 11.5 Å². The summed E-state index contributed by atoms with van der Waals surface area (Å²) < 4.78 is 16.0. The number of imidazole rings is 1. The van der Waals surface area contributed by atoms with Gasteiger partial charge in [0.2, 0.25) is 0 Å². The molecular weight excluding hydrogens is 405 g/mol. The Labute approximate surface area is 157 Å². The van der Waals surface area contributed by atoms with Crippen LogP contribution in [0.25, 0.3) is 5.69 Å². The number of carbonyl (C=O) groups is 1. The minimum absolute atomic E-state index is 0.201. The minimum Gasteiger partial charge on any atom is -0.344 e. The van der Waals surface area contributed by atoms with Gasteiger partial charge in [0.25, 0.3) is 5.91 Å². The molecule has 0 saturated heterocycles. The van der Waals surface area contributed by atoms with Crippen molar-refractivity contribution in [3.05, 3.63) is 81.0 Å². The van der Waals surface area contributed by atoms with Crippen molar-refractivity contribution in [2.75, 3.05) is 0 Å². The summed E-state index contributed by atoms with van der Waals surface area (Å²) in [6.45, 7) is 1.90. The second-order valence-electron chi connectivity index (χ2n) is 5.51. The fourth-order valence-electron chi connectivity index (χ4n) is 2.56. The van der Waals surface area contributed by atoms with Crippen LogP contribution >= 0.6 is 28.1 Å². The van der Waals surface area contributed by atoms with Crippen LogP contribution in [0.5, 0.6) is 0 Å². The third kappa shape index (κ3) is 3.72. The molecular formula is C18H15BrFN3OS. The lowest BCUT2D eigenvalue weighted by Gasteiger charge is -2.16. The number of carbonyl (C=O) groups excluding carboxylic acids is 1. The first-order chi connectivity index (χ1) is 12.0. The van der Waals surface area contributed by atoms with Gasteiger partial charge in [0, 0.05) is 16.4 Å². The number of aromatic amines is 1. The Morgan fingerprint density at radius 3 is 2.60 bits per heavy atom. The first-order valence-corrected chi connectivity index (χ1v) is 8.79. The van der Waals surface area contributed by atoms with Gasteiger partial charge in [-0.15, -0.1) is 0 Å². The highest BCUT2D eigenvalue weighted by Gasteiger charge is 2.18. The van der Waals surface area contributed by atoms with Crippen LogP contribution in [0, 0.1) is 10.6 Å². The van der Waals surface area contributed by atoms with Gasteiger partial charge in [-0.05, 0) is 55.0 Å². The number of aromatic nitrogens is 2. The molecule has 0 saturated carbocycles. The van der Waals surface area contributed by atoms with Gasteiger partial charge >= 0.3 is 0 Å². The van der Waals surface area contributed by atoms with Gasteiger partial charge in [-0.25, -0.2) is 4.39 Å². The smallest absolute Gasteiger partial charge is 0.270 e. The third-order valence-electron chi connectivity index (χ3n) is 3.81. The number of H-pyrrole nitrogens is 1. The molecule has 2 aromatic carbocycles. The fourth-order valence-corrected chi connectivity index (χ4v) is 3.45. The lowest BCUT2D eigenvalue weighted by molar-refractivity contribution is 0.0933. The van der Waals surface area contributed by atoms with Crippen molar-refractivity contribution in [2.24, 2.45) is 0 Å². The second-order valence-corrected chi connectivity index (χ2v) is 6.75. The van der Waals surface area contributed by atoms with Crippen LogP contribution < -0.4 is 5.32 Å². The van der Waals surface area contributed by atoms with Gasteiger partial charge in [0.15, 0.2) is 4.77 Å². The molecule has 1 atom stereocenters. The molecule has 25 heavy (non-hydrogen) atoms. The predicted molar refractivity (Wildman–Crippen MR) is 101 cm³/mol. The quantitative estimate of drug-likeness (QED) is 0.589. The topological polar surface area (TPSA) is 49.8 Å². The fraction of sp³-hybridized carbons (Fsp3) is 0.111. The zero-order valence-corrected chi connectivity index (χ0v) is 15.7. The molecule has 1 amide bonds. The Morgan fingerprint density at radius 2 is 1.92 bits per heavy atom. The lowest BCUT2D eigenvalue weighted by Crippen LogP contribution is -2.28. The molecule has 128 valence electrons. The summed E-state index contributed by atoms with van der Waals surface area (Å²) in [5.74, 6) is -0.626. The maximum absolute atomic E-state index is 13.2. The predicted octanol–water partition coefficient (Wildman–Crippen LogP) is 4.93. The lowest BCUT2D eigenvalue weighted by atomic mass is 10.1. The second kappa shape index (κ2) is 7.33. The number of nitrogens with one attached hydrogen (secondary N) is 2. The first-order valence-electron chi connectivity index (χ1n) is 7.59. The van der Waals surface area contributed by atoms with Crippen LogP contribution in [0.2, 0.25) is 0 Å². The third-order valence-corrected chi connectivity index (χ3v) is 4.84. The molecule has 0 aliphatic rings. The van der Waals surface area contributed by atoms with Crippen molar-refractivity contribution in [3.63, 3.8) is 0 Å². The van der Waals surface area contributed by atoms with Crippen molar-refractivity contribution in [2.45, 2.75) is 13.0 Å². The minimum atomic E-state index is -0.348. The van der Waals surface area contributed by atoms with Crippen LogP contribution in [-0.2, 0) is 0 Å². The van der Waals surface area contributed by atoms with E-state index in [1.54, 1.807) is 22.9 Å². The Morgan fingerprint density at radius 1 is 1.24 bits per heavy atom. The Hall–Kier alpha value is -2.25. The van der Waals surface area contributed by atoms with E-state index >= 15 is 0 Å². The van der Waals surface area contributed by atoms with Gasteiger partial charge in [-0.2, -0.15) is 0 Å². The molecule has 0 fully saturated rings. The molecule has 1 unspecified atom stereocenters. The van der Waals surface area contributed by atoms with E-state index in [1.807, 2.05) is 31.2 Å². The summed E-state index contributed by atoms with van der Waals surface area (Å²) in [6.07, 6.45) is 1.55. The maximum Gasteiger partial charge on any atom is 0.270 e. The van der Waals surface area contributed by atoms with Gasteiger partial charge in [-0.3, -0.25) is 9.36 Å². The number of rotatable bonds is 4. The molecule has 1 aromatic heterocycles. The molecule has 0 radical (unpaired) electrons. The average molecular weight is 420 g/mol. The largest absolute Gasteiger partial charge is 0.344 e. The number of benzene rings is 2. The van der Waals surface area contributed by atoms with E-state index in [4.69, 9.17) is 12.2 Å². The summed E-state index contributed by atoms with van der Waals surface area (Å²) in [5, 5.41) is 2.96. The summed E-state index contributed by atoms with van der Waals surface area (Å²) in [6, 6.07) is 13.3. The molecule has 1 heterocycles. The van der Waals surface area contributed by atoms with Gasteiger partial charge < -0.3 is 10.3 Å². The highest BCUT2D eigenvalue weighted by Crippen LogP contribution is 2.23. The monoisotopic (exact) mass is 419 g/mol. The maximum atomic E-state index is 13.2. The standard InChI is InChI=1S/C18H15BrFN3OS/c1-11(14-4-2-3-5-15(14)19)22-17(24)16-10-21-18(25)23(16)13-8-6-12(20)7-9-13/h2-11H,1H3,(H,21,25)(H,22,24). The van der Waals surface area contributed by atoms with E-state index in [1.165, 1.54) is 12.1 Å². The zero-order chi connectivity index (χ0) is 18.0. The molecule has 3 rings (SSSR count). The van der Waals surface area contributed by atoms with Crippen molar-refractivity contribution in [1.82, 2.24) is 14.9 Å². The van der Waals surface area contributed by atoms with E-state index in [0.717, 1.165) is 10.0 Å². The highest BCUT2D eigenvalue weighted by atomic mass is 79.9. The number of amides is 1. The van der Waals surface area contributed by atoms with Crippen LogP contribution in [0.3, 0.4) is 0 Å². The van der Waals surface area contributed by atoms with Crippen LogP contribution in [0.4, 0.5) is 4.39 Å². The summed E-state index contributed by atoms with van der Waals surface area (Å²) in [4.78, 5) is 15.6. The van der Waals surface area contributed by atoms with Crippen molar-refractivity contribution >= 4 is 34.1 Å². The normalized spacial score (nSPS) is 12.0. The zero-order valence-electron chi connectivity index (χ0n) is 13.3. The van der Waals surface area contributed by atoms with E-state index in [0.29, 0.717) is 16.2 Å². The number of hydrogen-bond acceptors (Lipinski definition) is 2. The molecule has 4 nitrogen and oxygen atoms in total. The van der Waals surface area contributed by atoms with Crippen molar-refractivity contribution in [1.29, 1.82) is 0 Å². The molecule has 0 bridgehead atoms. The Balaban J connectivity index is 1.90. The molecule has 3 aromatic rings. The first kappa shape index (κ1) is 17.6. The van der Waals surface area contributed by atoms with E-state index in [-0.39, 0.29) is 17.8 Å². The Bertz CT molecular complexity index is 965. The number of halogens is 2. The Kier molecular flexibility index (Phi) is 5.15. The average Bonchev–Trinajstić information content (AvgIpc) is 2.97. The van der Waals surface area contributed by atoms with E-state index < -0.39 is 0 Å². The van der Waals surface area contributed by atoms with Crippen molar-refractivity contribution < 1.29 is 9.18 Å². The molecule has 0 aliphatic heterocycles. The van der Waals surface area contributed by atoms with Gasteiger partial charge in [-0.1, -0.05) is 34.1 Å². The summed E-state index contributed by atoms with van der Waals surface area (Å²) in [5.41, 5.74) is 1.94. The molecule has 0 aliphatic carbocycles. The summed E-state index contributed by atoms with van der Waals surface area (Å²) in [7, 11) is 0.